The molecule has 1 aromatic rings. The van der Waals surface area contributed by atoms with Crippen molar-refractivity contribution in [3.8, 4) is 0 Å². The molecule has 0 aliphatic rings. The van der Waals surface area contributed by atoms with Crippen LogP contribution in [0.2, 0.25) is 0 Å². The zero-order chi connectivity index (χ0) is 34.1. The van der Waals surface area contributed by atoms with Crippen LogP contribution < -0.4 is 38.1 Å². The maximum atomic E-state index is 13.6. The normalized spacial score (nSPS) is 14.4. The first-order valence-corrected chi connectivity index (χ1v) is 15.4. The lowest BCUT2D eigenvalue weighted by atomic mass is 9.99. The van der Waals surface area contributed by atoms with E-state index >= 15 is 0 Å². The van der Waals surface area contributed by atoms with Crippen LogP contribution >= 0.6 is 0 Å². The Hall–Kier alpha value is -4.04. The van der Waals surface area contributed by atoms with Gasteiger partial charge < -0.3 is 43.2 Å². The Morgan fingerprint density at radius 3 is 1.82 bits per heavy atom. The molecule has 5 amide bonds. The highest BCUT2D eigenvalue weighted by molar-refractivity contribution is 5.96. The molecule has 0 aliphatic carbocycles. The van der Waals surface area contributed by atoms with E-state index in [1.54, 1.807) is 44.2 Å². The molecule has 0 fully saturated rings. The van der Waals surface area contributed by atoms with E-state index in [-0.39, 0.29) is 37.6 Å². The number of nitrogens with one attached hydrogen (secondary N) is 5. The Kier molecular flexibility index (Phi) is 17.4. The third-order valence-corrected chi connectivity index (χ3v) is 7.02. The van der Waals surface area contributed by atoms with Gasteiger partial charge in [-0.3, -0.25) is 24.0 Å². The molecular formula is C31H51N7O7. The van der Waals surface area contributed by atoms with Crippen LogP contribution in [0.1, 0.15) is 65.9 Å². The standard InChI is InChI=1S/C31H51N7O7/c1-18(2)15-23(37-30(43)26(19(3)4)38-25(39)17-33)29(42)36-24(16-21-11-7-6-8-12-21)28(41)34-20(5)27(40)35-22(31(44)45)13-9-10-14-32/h6-8,11-12,18-20,22-24,26H,9-10,13-17,32-33H2,1-5H3,(H,34,41)(H,35,40)(H,36,42)(H,37,43)(H,38,39)(H,44,45)/t20-,22-,23-,24-,26-/m0/s1. The van der Waals surface area contributed by atoms with Crippen molar-refractivity contribution >= 4 is 35.5 Å². The molecule has 0 radical (unpaired) electrons. The van der Waals surface area contributed by atoms with Crippen LogP contribution in [0.25, 0.3) is 0 Å². The van der Waals surface area contributed by atoms with Crippen molar-refractivity contribution in [2.75, 3.05) is 13.1 Å². The van der Waals surface area contributed by atoms with Gasteiger partial charge in [0.25, 0.3) is 0 Å². The van der Waals surface area contributed by atoms with E-state index in [1.807, 2.05) is 13.8 Å². The summed E-state index contributed by atoms with van der Waals surface area (Å²) in [6.45, 7) is 8.74. The highest BCUT2D eigenvalue weighted by Gasteiger charge is 2.32. The SMILES string of the molecule is CC(C)C[C@H](NC(=O)[C@@H](NC(=O)CN)C(C)C)C(=O)N[C@@H](Cc1ccccc1)C(=O)N[C@@H](C)C(=O)N[C@@H](CCCCN)C(=O)O. The molecule has 0 aromatic heterocycles. The molecule has 45 heavy (non-hydrogen) atoms. The lowest BCUT2D eigenvalue weighted by Gasteiger charge is -2.28. The summed E-state index contributed by atoms with van der Waals surface area (Å²) in [5.41, 5.74) is 11.6. The summed E-state index contributed by atoms with van der Waals surface area (Å²) in [4.78, 5) is 76.6. The lowest BCUT2D eigenvalue weighted by Crippen LogP contribution is -2.59. The Morgan fingerprint density at radius 1 is 0.711 bits per heavy atom. The average Bonchev–Trinajstić information content (AvgIpc) is 2.98. The minimum absolute atomic E-state index is 0.0191. The Bertz CT molecular complexity index is 1130. The maximum Gasteiger partial charge on any atom is 0.326 e. The largest absolute Gasteiger partial charge is 0.480 e. The number of rotatable bonds is 20. The van der Waals surface area contributed by atoms with Crippen LogP contribution in [0.15, 0.2) is 30.3 Å². The number of carbonyl (C=O) groups excluding carboxylic acids is 5. The zero-order valence-electron chi connectivity index (χ0n) is 26.9. The molecule has 0 saturated carbocycles. The molecule has 0 unspecified atom stereocenters. The van der Waals surface area contributed by atoms with Gasteiger partial charge in [-0.15, -0.1) is 0 Å². The highest BCUT2D eigenvalue weighted by Crippen LogP contribution is 2.10. The van der Waals surface area contributed by atoms with Crippen LogP contribution in [0.4, 0.5) is 0 Å². The second-order valence-corrected chi connectivity index (χ2v) is 11.8. The third kappa shape index (κ3) is 14.5. The minimum atomic E-state index is -1.20. The topological polar surface area (TPSA) is 235 Å². The van der Waals surface area contributed by atoms with E-state index in [2.05, 4.69) is 26.6 Å². The number of hydrogen-bond acceptors (Lipinski definition) is 8. The summed E-state index contributed by atoms with van der Waals surface area (Å²) in [6.07, 6.45) is 1.61. The highest BCUT2D eigenvalue weighted by atomic mass is 16.4. The summed E-state index contributed by atoms with van der Waals surface area (Å²) in [5.74, 6) is -4.59. The fraction of sp³-hybridized carbons (Fsp3) is 0.613. The number of aliphatic carboxylic acids is 1. The molecular weight excluding hydrogens is 582 g/mol. The molecule has 5 atom stereocenters. The molecule has 10 N–H and O–H groups in total. The van der Waals surface area contributed by atoms with Gasteiger partial charge in [0.15, 0.2) is 0 Å². The fourth-order valence-electron chi connectivity index (χ4n) is 4.49. The first-order valence-electron chi connectivity index (χ1n) is 15.4. The summed E-state index contributed by atoms with van der Waals surface area (Å²) in [6, 6.07) is 3.55. The van der Waals surface area contributed by atoms with Gasteiger partial charge in [0.1, 0.15) is 30.2 Å². The van der Waals surface area contributed by atoms with Crippen molar-refractivity contribution in [3.05, 3.63) is 35.9 Å². The van der Waals surface area contributed by atoms with Crippen molar-refractivity contribution in [2.24, 2.45) is 23.3 Å². The molecule has 14 heteroatoms. The second-order valence-electron chi connectivity index (χ2n) is 11.8. The number of nitrogens with two attached hydrogens (primary N) is 2. The van der Waals surface area contributed by atoms with Gasteiger partial charge in [0.05, 0.1) is 6.54 Å². The van der Waals surface area contributed by atoms with E-state index in [1.165, 1.54) is 6.92 Å². The Balaban J connectivity index is 3.15. The number of carboxylic acid groups (broad SMARTS) is 1. The van der Waals surface area contributed by atoms with Gasteiger partial charge in [-0.05, 0) is 56.6 Å². The van der Waals surface area contributed by atoms with Gasteiger partial charge in [-0.1, -0.05) is 58.0 Å². The summed E-state index contributed by atoms with van der Waals surface area (Å²) in [5, 5.41) is 22.5. The van der Waals surface area contributed by atoms with Crippen LogP contribution in [0.5, 0.6) is 0 Å². The first-order chi connectivity index (χ1) is 21.2. The smallest absolute Gasteiger partial charge is 0.326 e. The molecule has 14 nitrogen and oxygen atoms in total. The number of unbranched alkanes of at least 4 members (excludes halogenated alkanes) is 1. The Morgan fingerprint density at radius 2 is 1.29 bits per heavy atom. The molecule has 0 heterocycles. The van der Waals surface area contributed by atoms with Crippen LogP contribution in [0.3, 0.4) is 0 Å². The van der Waals surface area contributed by atoms with Crippen LogP contribution in [-0.4, -0.2) is 83.9 Å². The van der Waals surface area contributed by atoms with Crippen LogP contribution in [-0.2, 0) is 35.2 Å². The van der Waals surface area contributed by atoms with Crippen molar-refractivity contribution in [3.63, 3.8) is 0 Å². The third-order valence-electron chi connectivity index (χ3n) is 7.02. The quantitative estimate of drug-likeness (QED) is 0.0867. The lowest BCUT2D eigenvalue weighted by molar-refractivity contribution is -0.142. The predicted molar refractivity (Wildman–Crippen MR) is 169 cm³/mol. The van der Waals surface area contributed by atoms with Crippen molar-refractivity contribution < 1.29 is 33.9 Å². The van der Waals surface area contributed by atoms with E-state index in [9.17, 15) is 33.9 Å². The maximum absolute atomic E-state index is 13.6. The van der Waals surface area contributed by atoms with Gasteiger partial charge in [0.2, 0.25) is 29.5 Å². The van der Waals surface area contributed by atoms with Gasteiger partial charge >= 0.3 is 5.97 Å². The number of hydrogen-bond donors (Lipinski definition) is 8. The number of carbonyl (C=O) groups is 6. The first kappa shape index (κ1) is 39.0. The molecule has 252 valence electrons. The van der Waals surface area contributed by atoms with Gasteiger partial charge in [-0.25, -0.2) is 4.79 Å². The molecule has 1 rings (SSSR count). The van der Waals surface area contributed by atoms with E-state index < -0.39 is 65.7 Å². The van der Waals surface area contributed by atoms with Crippen LogP contribution in [0, 0.1) is 11.8 Å². The molecule has 0 aliphatic heterocycles. The van der Waals surface area contributed by atoms with Crippen molar-refractivity contribution in [1.82, 2.24) is 26.6 Å². The Labute approximate surface area is 265 Å². The molecule has 0 spiro atoms. The van der Waals surface area contributed by atoms with E-state index in [0.29, 0.717) is 19.4 Å². The summed E-state index contributed by atoms with van der Waals surface area (Å²) >= 11 is 0. The summed E-state index contributed by atoms with van der Waals surface area (Å²) in [7, 11) is 0. The van der Waals surface area contributed by atoms with Crippen molar-refractivity contribution in [1.29, 1.82) is 0 Å². The monoisotopic (exact) mass is 633 g/mol. The fourth-order valence-corrected chi connectivity index (χ4v) is 4.49. The zero-order valence-corrected chi connectivity index (χ0v) is 26.9. The average molecular weight is 634 g/mol. The number of amides is 5. The molecule has 1 aromatic carbocycles. The molecule has 0 saturated heterocycles. The van der Waals surface area contributed by atoms with E-state index in [4.69, 9.17) is 11.5 Å². The summed E-state index contributed by atoms with van der Waals surface area (Å²) < 4.78 is 0. The van der Waals surface area contributed by atoms with E-state index in [0.717, 1.165) is 5.56 Å². The molecule has 0 bridgehead atoms. The second kappa shape index (κ2) is 20.1. The minimum Gasteiger partial charge on any atom is -0.480 e. The number of benzene rings is 1. The van der Waals surface area contributed by atoms with Gasteiger partial charge in [0, 0.05) is 6.42 Å². The number of carboxylic acids is 1. The predicted octanol–water partition coefficient (Wildman–Crippen LogP) is -0.453. The van der Waals surface area contributed by atoms with Crippen molar-refractivity contribution in [2.45, 2.75) is 96.9 Å². The van der Waals surface area contributed by atoms with Gasteiger partial charge in [-0.2, -0.15) is 0 Å².